The molecule has 0 radical (unpaired) electrons. The average Bonchev–Trinajstić information content (AvgIpc) is 2.97. The molecule has 0 aliphatic carbocycles. The van der Waals surface area contributed by atoms with E-state index in [0.29, 0.717) is 35.2 Å². The monoisotopic (exact) mass is 402 g/mol. The molecule has 1 saturated heterocycles. The summed E-state index contributed by atoms with van der Waals surface area (Å²) in [5, 5.41) is 3.72. The third-order valence-electron chi connectivity index (χ3n) is 4.88. The maximum absolute atomic E-state index is 12.8. The van der Waals surface area contributed by atoms with Crippen molar-refractivity contribution in [2.24, 2.45) is 0 Å². The normalized spacial score (nSPS) is 16.6. The molecule has 0 spiro atoms. The number of methoxy groups -OCH3 is 2. The number of benzene rings is 2. The van der Waals surface area contributed by atoms with Gasteiger partial charge in [0.1, 0.15) is 0 Å². The highest BCUT2D eigenvalue weighted by atomic mass is 35.5. The SMILES string of the molecule is COc1ccc(CCNC2CC(=O)N(c3cccc(Cl)c3C)C2=O)cc1OC. The molecule has 1 atom stereocenters. The van der Waals surface area contributed by atoms with E-state index in [9.17, 15) is 9.59 Å². The summed E-state index contributed by atoms with van der Waals surface area (Å²) in [5.41, 5.74) is 2.31. The first kappa shape index (κ1) is 20.2. The molecular weight excluding hydrogens is 380 g/mol. The Balaban J connectivity index is 1.64. The molecule has 1 heterocycles. The fourth-order valence-corrected chi connectivity index (χ4v) is 3.48. The summed E-state index contributed by atoms with van der Waals surface area (Å²) in [6.45, 7) is 2.36. The van der Waals surface area contributed by atoms with Gasteiger partial charge in [-0.3, -0.25) is 9.59 Å². The molecule has 0 bridgehead atoms. The van der Waals surface area contributed by atoms with Gasteiger partial charge in [-0.1, -0.05) is 23.7 Å². The lowest BCUT2D eigenvalue weighted by Gasteiger charge is -2.18. The number of halogens is 1. The van der Waals surface area contributed by atoms with Crippen molar-refractivity contribution in [2.45, 2.75) is 25.8 Å². The molecule has 1 aliphatic rings. The number of ether oxygens (including phenoxy) is 2. The number of anilines is 1. The molecule has 0 aromatic heterocycles. The van der Waals surface area contributed by atoms with Gasteiger partial charge in [0, 0.05) is 5.02 Å². The average molecular weight is 403 g/mol. The van der Waals surface area contributed by atoms with Gasteiger partial charge in [-0.2, -0.15) is 0 Å². The van der Waals surface area contributed by atoms with E-state index in [1.807, 2.05) is 18.2 Å². The number of carbonyl (C=O) groups is 2. The Morgan fingerprint density at radius 3 is 2.61 bits per heavy atom. The van der Waals surface area contributed by atoms with Crippen LogP contribution in [0.3, 0.4) is 0 Å². The number of carbonyl (C=O) groups excluding carboxylic acids is 2. The van der Waals surface area contributed by atoms with Gasteiger partial charge in [0.25, 0.3) is 5.91 Å². The predicted octanol–water partition coefficient (Wildman–Crippen LogP) is 3.13. The Hall–Kier alpha value is -2.57. The fraction of sp³-hybridized carbons (Fsp3) is 0.333. The van der Waals surface area contributed by atoms with Crippen molar-refractivity contribution in [3.05, 3.63) is 52.5 Å². The van der Waals surface area contributed by atoms with E-state index in [1.54, 1.807) is 39.3 Å². The number of imide groups is 1. The van der Waals surface area contributed by atoms with Crippen LogP contribution in [0.4, 0.5) is 5.69 Å². The molecule has 0 saturated carbocycles. The Kier molecular flexibility index (Phi) is 6.21. The second-order valence-electron chi connectivity index (χ2n) is 6.60. The molecule has 2 aromatic rings. The minimum absolute atomic E-state index is 0.136. The maximum Gasteiger partial charge on any atom is 0.251 e. The molecule has 2 amide bonds. The van der Waals surface area contributed by atoms with Gasteiger partial charge < -0.3 is 14.8 Å². The van der Waals surface area contributed by atoms with E-state index in [-0.39, 0.29) is 18.2 Å². The summed E-state index contributed by atoms with van der Waals surface area (Å²) < 4.78 is 10.5. The van der Waals surface area contributed by atoms with E-state index in [1.165, 1.54) is 4.90 Å². The van der Waals surface area contributed by atoms with Gasteiger partial charge in [0.05, 0.1) is 32.4 Å². The highest BCUT2D eigenvalue weighted by Crippen LogP contribution is 2.30. The van der Waals surface area contributed by atoms with E-state index >= 15 is 0 Å². The van der Waals surface area contributed by atoms with Gasteiger partial charge in [0.15, 0.2) is 11.5 Å². The van der Waals surface area contributed by atoms with E-state index < -0.39 is 6.04 Å². The molecule has 1 aliphatic heterocycles. The van der Waals surface area contributed by atoms with Crippen LogP contribution in [0.15, 0.2) is 36.4 Å². The zero-order valence-corrected chi connectivity index (χ0v) is 16.9. The lowest BCUT2D eigenvalue weighted by molar-refractivity contribution is -0.121. The highest BCUT2D eigenvalue weighted by Gasteiger charge is 2.39. The lowest BCUT2D eigenvalue weighted by atomic mass is 10.1. The first-order valence-electron chi connectivity index (χ1n) is 9.02. The third kappa shape index (κ3) is 3.98. The lowest BCUT2D eigenvalue weighted by Crippen LogP contribution is -2.39. The van der Waals surface area contributed by atoms with Crippen molar-refractivity contribution in [3.8, 4) is 11.5 Å². The fourth-order valence-electron chi connectivity index (χ4n) is 3.31. The Morgan fingerprint density at radius 2 is 1.89 bits per heavy atom. The molecule has 6 nitrogen and oxygen atoms in total. The van der Waals surface area contributed by atoms with Crippen molar-refractivity contribution >= 4 is 29.1 Å². The van der Waals surface area contributed by atoms with Gasteiger partial charge in [-0.05, 0) is 55.3 Å². The molecule has 7 heteroatoms. The quantitative estimate of drug-likeness (QED) is 0.720. The van der Waals surface area contributed by atoms with Gasteiger partial charge >= 0.3 is 0 Å². The molecular formula is C21H23ClN2O4. The summed E-state index contributed by atoms with van der Waals surface area (Å²) >= 11 is 6.14. The number of nitrogens with zero attached hydrogens (tertiary/aromatic N) is 1. The van der Waals surface area contributed by atoms with Crippen molar-refractivity contribution in [1.82, 2.24) is 5.32 Å². The van der Waals surface area contributed by atoms with E-state index in [2.05, 4.69) is 5.32 Å². The van der Waals surface area contributed by atoms with Crippen LogP contribution in [0.2, 0.25) is 5.02 Å². The molecule has 1 fully saturated rings. The van der Waals surface area contributed by atoms with Crippen molar-refractivity contribution in [2.75, 3.05) is 25.7 Å². The number of hydrogen-bond acceptors (Lipinski definition) is 5. The maximum atomic E-state index is 12.8. The zero-order chi connectivity index (χ0) is 20.3. The summed E-state index contributed by atoms with van der Waals surface area (Å²) in [7, 11) is 3.18. The third-order valence-corrected chi connectivity index (χ3v) is 5.29. The summed E-state index contributed by atoms with van der Waals surface area (Å²) in [6, 6.07) is 10.4. The molecule has 1 unspecified atom stereocenters. The van der Waals surface area contributed by atoms with Crippen molar-refractivity contribution in [3.63, 3.8) is 0 Å². The number of rotatable bonds is 7. The molecule has 2 aromatic carbocycles. The smallest absolute Gasteiger partial charge is 0.251 e. The minimum Gasteiger partial charge on any atom is -0.493 e. The zero-order valence-electron chi connectivity index (χ0n) is 16.1. The number of amides is 2. The Labute approximate surface area is 169 Å². The van der Waals surface area contributed by atoms with Crippen LogP contribution < -0.4 is 19.7 Å². The van der Waals surface area contributed by atoms with Crippen molar-refractivity contribution < 1.29 is 19.1 Å². The second-order valence-corrected chi connectivity index (χ2v) is 7.01. The van der Waals surface area contributed by atoms with Crippen LogP contribution in [0.5, 0.6) is 11.5 Å². The van der Waals surface area contributed by atoms with Crippen LogP contribution in [0.25, 0.3) is 0 Å². The van der Waals surface area contributed by atoms with Crippen LogP contribution in [-0.2, 0) is 16.0 Å². The first-order chi connectivity index (χ1) is 13.5. The van der Waals surface area contributed by atoms with Crippen molar-refractivity contribution in [1.29, 1.82) is 0 Å². The molecule has 28 heavy (non-hydrogen) atoms. The Bertz CT molecular complexity index is 900. The largest absolute Gasteiger partial charge is 0.493 e. The van der Waals surface area contributed by atoms with Gasteiger partial charge in [0.2, 0.25) is 5.91 Å². The van der Waals surface area contributed by atoms with E-state index in [0.717, 1.165) is 11.1 Å². The summed E-state index contributed by atoms with van der Waals surface area (Å²) in [4.78, 5) is 26.4. The topological polar surface area (TPSA) is 67.9 Å². The van der Waals surface area contributed by atoms with E-state index in [4.69, 9.17) is 21.1 Å². The predicted molar refractivity (Wildman–Crippen MR) is 108 cm³/mol. The first-order valence-corrected chi connectivity index (χ1v) is 9.40. The summed E-state index contributed by atoms with van der Waals surface area (Å²) in [6.07, 6.45) is 0.825. The van der Waals surface area contributed by atoms with Crippen LogP contribution in [-0.4, -0.2) is 38.6 Å². The summed E-state index contributed by atoms with van der Waals surface area (Å²) in [5.74, 6) is 0.861. The Morgan fingerprint density at radius 1 is 1.14 bits per heavy atom. The number of nitrogens with one attached hydrogen (secondary N) is 1. The molecule has 1 N–H and O–H groups in total. The van der Waals surface area contributed by atoms with Crippen LogP contribution in [0, 0.1) is 6.92 Å². The van der Waals surface area contributed by atoms with Gasteiger partial charge in [-0.25, -0.2) is 4.90 Å². The van der Waals surface area contributed by atoms with Crippen LogP contribution in [0.1, 0.15) is 17.5 Å². The minimum atomic E-state index is -0.536. The second kappa shape index (κ2) is 8.63. The van der Waals surface area contributed by atoms with Gasteiger partial charge in [-0.15, -0.1) is 0 Å². The molecule has 3 rings (SSSR count). The van der Waals surface area contributed by atoms with Crippen LogP contribution >= 0.6 is 11.6 Å². The number of hydrogen-bond donors (Lipinski definition) is 1. The molecule has 148 valence electrons. The standard InChI is InChI=1S/C21H23ClN2O4/c1-13-15(22)5-4-6-17(13)24-20(25)12-16(21(24)26)23-10-9-14-7-8-18(27-2)19(11-14)28-3/h4-8,11,16,23H,9-10,12H2,1-3H3. The highest BCUT2D eigenvalue weighted by molar-refractivity contribution is 6.32.